The van der Waals surface area contributed by atoms with Gasteiger partial charge >= 0.3 is 0 Å². The molecule has 1 saturated carbocycles. The summed E-state index contributed by atoms with van der Waals surface area (Å²) < 4.78 is 24.1. The molecule has 0 bridgehead atoms. The van der Waals surface area contributed by atoms with Gasteiger partial charge < -0.3 is 0 Å². The van der Waals surface area contributed by atoms with Crippen LogP contribution in [0.2, 0.25) is 0 Å². The standard InChI is InChI=1S/C14H19NO3S/c1-9(2)10-4-6-11(7-5-10)12-8-13(12)14(16)15-19(3,17)18/h4-7,9,12-13H,8H2,1-3H3,(H,15,16)/t12-,13+/m1/s1. The molecule has 1 aliphatic rings. The molecule has 0 spiro atoms. The zero-order chi connectivity index (χ0) is 14.2. The van der Waals surface area contributed by atoms with E-state index < -0.39 is 10.0 Å². The maximum absolute atomic E-state index is 11.7. The van der Waals surface area contributed by atoms with E-state index in [1.165, 1.54) is 5.56 Å². The van der Waals surface area contributed by atoms with E-state index in [2.05, 4.69) is 26.0 Å². The summed E-state index contributed by atoms with van der Waals surface area (Å²) in [5.41, 5.74) is 2.37. The van der Waals surface area contributed by atoms with Gasteiger partial charge in [0.25, 0.3) is 0 Å². The minimum Gasteiger partial charge on any atom is -0.274 e. The number of hydrogen-bond acceptors (Lipinski definition) is 3. The summed E-state index contributed by atoms with van der Waals surface area (Å²) in [6, 6.07) is 8.22. The molecule has 2 atom stereocenters. The molecule has 1 aromatic rings. The first-order valence-electron chi connectivity index (χ1n) is 6.39. The molecule has 2 rings (SSSR count). The highest BCUT2D eigenvalue weighted by atomic mass is 32.2. The number of amides is 1. The molecule has 1 N–H and O–H groups in total. The molecule has 0 heterocycles. The third-order valence-corrected chi connectivity index (χ3v) is 4.02. The molecule has 0 aliphatic heterocycles. The number of benzene rings is 1. The van der Waals surface area contributed by atoms with Crippen molar-refractivity contribution in [2.45, 2.75) is 32.1 Å². The molecule has 19 heavy (non-hydrogen) atoms. The summed E-state index contributed by atoms with van der Waals surface area (Å²) in [5, 5.41) is 0. The van der Waals surface area contributed by atoms with Crippen LogP contribution in [0, 0.1) is 5.92 Å². The molecule has 0 unspecified atom stereocenters. The van der Waals surface area contributed by atoms with Gasteiger partial charge in [0, 0.05) is 5.92 Å². The SMILES string of the molecule is CC(C)c1ccc([C@H]2C[C@@H]2C(=O)NS(C)(=O)=O)cc1. The normalized spacial score (nSPS) is 22.3. The number of carbonyl (C=O) groups is 1. The van der Waals surface area contributed by atoms with E-state index >= 15 is 0 Å². The first-order valence-corrected chi connectivity index (χ1v) is 8.28. The summed E-state index contributed by atoms with van der Waals surface area (Å²) in [6.45, 7) is 4.27. The van der Waals surface area contributed by atoms with E-state index in [0.717, 1.165) is 18.2 Å². The monoisotopic (exact) mass is 281 g/mol. The Balaban J connectivity index is 2.01. The summed E-state index contributed by atoms with van der Waals surface area (Å²) in [5.74, 6) is 0.0422. The minimum atomic E-state index is -3.45. The van der Waals surface area contributed by atoms with Crippen LogP contribution in [-0.2, 0) is 14.8 Å². The van der Waals surface area contributed by atoms with Crippen molar-refractivity contribution in [1.29, 1.82) is 0 Å². The Hall–Kier alpha value is -1.36. The third-order valence-electron chi connectivity index (χ3n) is 3.44. The molecule has 5 heteroatoms. The molecule has 1 amide bonds. The highest BCUT2D eigenvalue weighted by molar-refractivity contribution is 7.89. The maximum Gasteiger partial charge on any atom is 0.237 e. The van der Waals surface area contributed by atoms with Gasteiger partial charge in [-0.1, -0.05) is 38.1 Å². The van der Waals surface area contributed by atoms with Crippen molar-refractivity contribution in [1.82, 2.24) is 4.72 Å². The Morgan fingerprint density at radius 1 is 1.26 bits per heavy atom. The van der Waals surface area contributed by atoms with Crippen LogP contribution in [0.25, 0.3) is 0 Å². The lowest BCUT2D eigenvalue weighted by atomic mass is 10.00. The quantitative estimate of drug-likeness (QED) is 0.918. The first kappa shape index (κ1) is 14.1. The van der Waals surface area contributed by atoms with E-state index in [9.17, 15) is 13.2 Å². The molecular weight excluding hydrogens is 262 g/mol. The van der Waals surface area contributed by atoms with Crippen LogP contribution >= 0.6 is 0 Å². The van der Waals surface area contributed by atoms with Gasteiger partial charge in [0.1, 0.15) is 0 Å². The molecule has 1 aromatic carbocycles. The lowest BCUT2D eigenvalue weighted by molar-refractivity contribution is -0.120. The molecular formula is C14H19NO3S. The fourth-order valence-corrected chi connectivity index (χ4v) is 2.76. The predicted molar refractivity (Wildman–Crippen MR) is 74.4 cm³/mol. The molecule has 0 saturated heterocycles. The number of rotatable bonds is 4. The van der Waals surface area contributed by atoms with Gasteiger partial charge in [0.2, 0.25) is 15.9 Å². The molecule has 0 aromatic heterocycles. The second kappa shape index (κ2) is 4.96. The highest BCUT2D eigenvalue weighted by Gasteiger charge is 2.44. The highest BCUT2D eigenvalue weighted by Crippen LogP contribution is 2.47. The topological polar surface area (TPSA) is 63.2 Å². The van der Waals surface area contributed by atoms with Gasteiger partial charge in [-0.15, -0.1) is 0 Å². The van der Waals surface area contributed by atoms with Crippen LogP contribution < -0.4 is 4.72 Å². The van der Waals surface area contributed by atoms with Gasteiger partial charge in [-0.25, -0.2) is 8.42 Å². The van der Waals surface area contributed by atoms with E-state index in [1.54, 1.807) is 0 Å². The van der Waals surface area contributed by atoms with E-state index in [4.69, 9.17) is 0 Å². The second-order valence-electron chi connectivity index (χ2n) is 5.51. The van der Waals surface area contributed by atoms with Crippen molar-refractivity contribution < 1.29 is 13.2 Å². The molecule has 1 aliphatic carbocycles. The van der Waals surface area contributed by atoms with Gasteiger partial charge in [-0.05, 0) is 29.4 Å². The molecule has 104 valence electrons. The Morgan fingerprint density at radius 2 is 1.84 bits per heavy atom. The lowest BCUT2D eigenvalue weighted by Crippen LogP contribution is -2.30. The average molecular weight is 281 g/mol. The Labute approximate surface area is 114 Å². The van der Waals surface area contributed by atoms with Crippen molar-refractivity contribution >= 4 is 15.9 Å². The van der Waals surface area contributed by atoms with Crippen LogP contribution in [0.5, 0.6) is 0 Å². The van der Waals surface area contributed by atoms with Crippen molar-refractivity contribution in [3.63, 3.8) is 0 Å². The van der Waals surface area contributed by atoms with Crippen LogP contribution in [-0.4, -0.2) is 20.6 Å². The Morgan fingerprint density at radius 3 is 2.32 bits per heavy atom. The van der Waals surface area contributed by atoms with Gasteiger partial charge in [-0.3, -0.25) is 9.52 Å². The zero-order valence-corrected chi connectivity index (χ0v) is 12.2. The molecule has 4 nitrogen and oxygen atoms in total. The van der Waals surface area contributed by atoms with Crippen LogP contribution in [0.15, 0.2) is 24.3 Å². The number of hydrogen-bond donors (Lipinski definition) is 1. The molecule has 0 radical (unpaired) electrons. The average Bonchev–Trinajstić information content (AvgIpc) is 3.06. The smallest absolute Gasteiger partial charge is 0.237 e. The Kier molecular flexibility index (Phi) is 3.67. The van der Waals surface area contributed by atoms with E-state index in [-0.39, 0.29) is 17.7 Å². The van der Waals surface area contributed by atoms with Crippen LogP contribution in [0.4, 0.5) is 0 Å². The predicted octanol–water partition coefficient (Wildman–Crippen LogP) is 1.99. The third kappa shape index (κ3) is 3.56. The van der Waals surface area contributed by atoms with Gasteiger partial charge in [0.05, 0.1) is 6.26 Å². The largest absolute Gasteiger partial charge is 0.274 e. The Bertz CT molecular complexity index is 575. The van der Waals surface area contributed by atoms with E-state index in [1.807, 2.05) is 16.9 Å². The van der Waals surface area contributed by atoms with Crippen molar-refractivity contribution in [3.05, 3.63) is 35.4 Å². The molecule has 1 fully saturated rings. The van der Waals surface area contributed by atoms with Crippen LogP contribution in [0.1, 0.15) is 43.2 Å². The summed E-state index contributed by atoms with van der Waals surface area (Å²) in [6.07, 6.45) is 1.72. The van der Waals surface area contributed by atoms with Crippen molar-refractivity contribution in [2.24, 2.45) is 5.92 Å². The number of sulfonamides is 1. The van der Waals surface area contributed by atoms with Gasteiger partial charge in [0.15, 0.2) is 0 Å². The summed E-state index contributed by atoms with van der Waals surface area (Å²) in [4.78, 5) is 11.7. The van der Waals surface area contributed by atoms with E-state index in [0.29, 0.717) is 5.92 Å². The lowest BCUT2D eigenvalue weighted by Gasteiger charge is -2.07. The number of carbonyl (C=O) groups excluding carboxylic acids is 1. The van der Waals surface area contributed by atoms with Gasteiger partial charge in [-0.2, -0.15) is 0 Å². The fraction of sp³-hybridized carbons (Fsp3) is 0.500. The number of nitrogens with one attached hydrogen (secondary N) is 1. The summed E-state index contributed by atoms with van der Waals surface area (Å²) in [7, 11) is -3.45. The minimum absolute atomic E-state index is 0.156. The van der Waals surface area contributed by atoms with Crippen molar-refractivity contribution in [2.75, 3.05) is 6.26 Å². The summed E-state index contributed by atoms with van der Waals surface area (Å²) >= 11 is 0. The fourth-order valence-electron chi connectivity index (χ4n) is 2.24. The zero-order valence-electron chi connectivity index (χ0n) is 11.4. The maximum atomic E-state index is 11.7. The first-order chi connectivity index (χ1) is 8.78. The van der Waals surface area contributed by atoms with Crippen molar-refractivity contribution in [3.8, 4) is 0 Å². The van der Waals surface area contributed by atoms with Crippen LogP contribution in [0.3, 0.4) is 0 Å². The second-order valence-corrected chi connectivity index (χ2v) is 7.26.